The van der Waals surface area contributed by atoms with E-state index in [2.05, 4.69) is 22.5 Å². The van der Waals surface area contributed by atoms with Crippen molar-refractivity contribution >= 4 is 11.7 Å². The van der Waals surface area contributed by atoms with Crippen molar-refractivity contribution in [2.75, 3.05) is 11.9 Å². The maximum atomic E-state index is 11.4. The van der Waals surface area contributed by atoms with Gasteiger partial charge >= 0.3 is 6.03 Å². The van der Waals surface area contributed by atoms with Crippen LogP contribution in [0.2, 0.25) is 0 Å². The highest BCUT2D eigenvalue weighted by Gasteiger charge is 2.22. The first-order valence-electron chi connectivity index (χ1n) is 5.55. The lowest BCUT2D eigenvalue weighted by atomic mass is 10.2. The normalized spacial score (nSPS) is 13.5. The molecule has 0 aromatic heterocycles. The largest absolute Gasteiger partial charge is 0.384 e. The topological polar surface area (TPSA) is 61.4 Å². The molecule has 1 aromatic carbocycles. The number of benzene rings is 1. The number of aliphatic hydroxyl groups excluding tert-OH is 1. The van der Waals surface area contributed by atoms with Gasteiger partial charge in [-0.15, -0.1) is 0 Å². The molecule has 1 fully saturated rings. The summed E-state index contributed by atoms with van der Waals surface area (Å²) in [6.07, 6.45) is 2.15. The fourth-order valence-corrected chi connectivity index (χ4v) is 1.36. The van der Waals surface area contributed by atoms with Crippen LogP contribution in [-0.2, 0) is 0 Å². The summed E-state index contributed by atoms with van der Waals surface area (Å²) < 4.78 is 0. The van der Waals surface area contributed by atoms with Crippen LogP contribution in [0.3, 0.4) is 0 Å². The number of urea groups is 1. The molecule has 1 aliphatic carbocycles. The van der Waals surface area contributed by atoms with Crippen molar-refractivity contribution < 1.29 is 9.90 Å². The number of amides is 2. The summed E-state index contributed by atoms with van der Waals surface area (Å²) in [6, 6.07) is 7.36. The van der Waals surface area contributed by atoms with Gasteiger partial charge in [-0.2, -0.15) is 0 Å². The van der Waals surface area contributed by atoms with E-state index in [0.717, 1.165) is 24.1 Å². The number of anilines is 1. The van der Waals surface area contributed by atoms with Crippen molar-refractivity contribution in [3.63, 3.8) is 0 Å². The van der Waals surface area contributed by atoms with E-state index in [0.29, 0.717) is 6.04 Å². The van der Waals surface area contributed by atoms with Crippen molar-refractivity contribution in [1.29, 1.82) is 0 Å². The van der Waals surface area contributed by atoms with Crippen LogP contribution < -0.4 is 10.6 Å². The first-order valence-corrected chi connectivity index (χ1v) is 5.55. The van der Waals surface area contributed by atoms with E-state index in [1.165, 1.54) is 0 Å². The molecule has 1 aromatic rings. The Morgan fingerprint density at radius 1 is 1.35 bits per heavy atom. The molecule has 1 saturated carbocycles. The molecule has 0 spiro atoms. The van der Waals surface area contributed by atoms with Gasteiger partial charge < -0.3 is 15.7 Å². The smallest absolute Gasteiger partial charge is 0.319 e. The summed E-state index contributed by atoms with van der Waals surface area (Å²) in [6.45, 7) is -0.149. The zero-order valence-electron chi connectivity index (χ0n) is 9.36. The first kappa shape index (κ1) is 11.5. The Morgan fingerprint density at radius 2 is 2.06 bits per heavy atom. The molecule has 0 radical (unpaired) electrons. The van der Waals surface area contributed by atoms with E-state index in [9.17, 15) is 4.79 Å². The number of carbonyl (C=O) groups excluding carboxylic acids is 1. The predicted octanol–water partition coefficient (Wildman–Crippen LogP) is 1.31. The van der Waals surface area contributed by atoms with Gasteiger partial charge in [0.05, 0.1) is 0 Å². The molecule has 3 N–H and O–H groups in total. The van der Waals surface area contributed by atoms with Crippen LogP contribution in [0.1, 0.15) is 18.4 Å². The molecule has 4 nitrogen and oxygen atoms in total. The second-order valence-corrected chi connectivity index (χ2v) is 3.91. The number of aliphatic hydroxyl groups is 1. The van der Waals surface area contributed by atoms with Crippen molar-refractivity contribution in [2.45, 2.75) is 18.9 Å². The number of carbonyl (C=O) groups is 1. The van der Waals surface area contributed by atoms with Crippen LogP contribution >= 0.6 is 0 Å². The van der Waals surface area contributed by atoms with Gasteiger partial charge in [-0.25, -0.2) is 4.79 Å². The molecule has 0 atom stereocenters. The molecule has 0 aliphatic heterocycles. The summed E-state index contributed by atoms with van der Waals surface area (Å²) in [5.41, 5.74) is 1.55. The molecule has 88 valence electrons. The average Bonchev–Trinajstić information content (AvgIpc) is 3.12. The van der Waals surface area contributed by atoms with Gasteiger partial charge in [-0.3, -0.25) is 0 Å². The molecule has 0 heterocycles. The van der Waals surface area contributed by atoms with E-state index in [1.54, 1.807) is 24.3 Å². The van der Waals surface area contributed by atoms with E-state index in [1.807, 2.05) is 0 Å². The standard InChI is InChI=1S/C13H14N2O2/c16-9-1-2-10-3-5-11(6-4-10)14-13(17)15-12-7-8-12/h3-6,12,16H,7-9H2,(H2,14,15,17). The van der Waals surface area contributed by atoms with Crippen LogP contribution in [0.15, 0.2) is 24.3 Å². The minimum absolute atomic E-state index is 0.149. The van der Waals surface area contributed by atoms with Crippen LogP contribution in [0.5, 0.6) is 0 Å². The molecule has 1 aliphatic rings. The maximum absolute atomic E-state index is 11.4. The minimum Gasteiger partial charge on any atom is -0.384 e. The third-order valence-electron chi connectivity index (χ3n) is 2.37. The van der Waals surface area contributed by atoms with Crippen molar-refractivity contribution in [2.24, 2.45) is 0 Å². The highest BCUT2D eigenvalue weighted by molar-refractivity contribution is 5.89. The van der Waals surface area contributed by atoms with E-state index in [4.69, 9.17) is 5.11 Å². The van der Waals surface area contributed by atoms with Gasteiger partial charge in [0.25, 0.3) is 0 Å². The molecular weight excluding hydrogens is 216 g/mol. The van der Waals surface area contributed by atoms with E-state index >= 15 is 0 Å². The molecule has 0 saturated heterocycles. The van der Waals surface area contributed by atoms with Gasteiger partial charge in [0.1, 0.15) is 6.61 Å². The highest BCUT2D eigenvalue weighted by Crippen LogP contribution is 2.18. The van der Waals surface area contributed by atoms with Crippen LogP contribution in [0.25, 0.3) is 0 Å². The van der Waals surface area contributed by atoms with E-state index in [-0.39, 0.29) is 12.6 Å². The quantitative estimate of drug-likeness (QED) is 0.671. The Balaban J connectivity index is 1.90. The molecule has 17 heavy (non-hydrogen) atoms. The summed E-state index contributed by atoms with van der Waals surface area (Å²) in [4.78, 5) is 11.4. The number of rotatable bonds is 2. The monoisotopic (exact) mass is 230 g/mol. The average molecular weight is 230 g/mol. The molecule has 0 unspecified atom stereocenters. The Hall–Kier alpha value is -1.99. The zero-order valence-corrected chi connectivity index (χ0v) is 9.36. The Morgan fingerprint density at radius 3 is 2.65 bits per heavy atom. The summed E-state index contributed by atoms with van der Waals surface area (Å²) >= 11 is 0. The predicted molar refractivity (Wildman–Crippen MR) is 65.6 cm³/mol. The summed E-state index contributed by atoms with van der Waals surface area (Å²) in [5, 5.41) is 14.1. The van der Waals surface area contributed by atoms with Gasteiger partial charge in [0, 0.05) is 17.3 Å². The lowest BCUT2D eigenvalue weighted by Crippen LogP contribution is -2.30. The molecule has 4 heteroatoms. The van der Waals surface area contributed by atoms with Crippen LogP contribution in [0.4, 0.5) is 10.5 Å². The Labute approximate surface area is 100 Å². The van der Waals surface area contributed by atoms with Gasteiger partial charge in [0.15, 0.2) is 0 Å². The highest BCUT2D eigenvalue weighted by atomic mass is 16.2. The van der Waals surface area contributed by atoms with E-state index < -0.39 is 0 Å². The Kier molecular flexibility index (Phi) is 3.63. The lowest BCUT2D eigenvalue weighted by molar-refractivity contribution is 0.251. The van der Waals surface area contributed by atoms with Gasteiger partial charge in [-0.05, 0) is 37.1 Å². The van der Waals surface area contributed by atoms with Crippen molar-refractivity contribution in [3.05, 3.63) is 29.8 Å². The third-order valence-corrected chi connectivity index (χ3v) is 2.37. The fraction of sp³-hybridized carbons (Fsp3) is 0.308. The second-order valence-electron chi connectivity index (χ2n) is 3.91. The van der Waals surface area contributed by atoms with Crippen molar-refractivity contribution in [3.8, 4) is 11.8 Å². The first-order chi connectivity index (χ1) is 8.28. The second kappa shape index (κ2) is 5.37. The number of hydrogen-bond donors (Lipinski definition) is 3. The van der Waals surface area contributed by atoms with Crippen LogP contribution in [-0.4, -0.2) is 23.8 Å². The van der Waals surface area contributed by atoms with Gasteiger partial charge in [-0.1, -0.05) is 11.8 Å². The number of hydrogen-bond acceptors (Lipinski definition) is 2. The lowest BCUT2D eigenvalue weighted by Gasteiger charge is -2.06. The Bertz CT molecular complexity index is 453. The van der Waals surface area contributed by atoms with Crippen LogP contribution in [0, 0.1) is 11.8 Å². The molecule has 0 bridgehead atoms. The molecule has 2 rings (SSSR count). The minimum atomic E-state index is -0.165. The summed E-state index contributed by atoms with van der Waals surface area (Å²) in [7, 11) is 0. The van der Waals surface area contributed by atoms with Gasteiger partial charge in [0.2, 0.25) is 0 Å². The van der Waals surface area contributed by atoms with Crippen molar-refractivity contribution in [1.82, 2.24) is 5.32 Å². The maximum Gasteiger partial charge on any atom is 0.319 e. The zero-order chi connectivity index (χ0) is 12.1. The SMILES string of the molecule is O=C(Nc1ccc(C#CCO)cc1)NC1CC1. The summed E-state index contributed by atoms with van der Waals surface area (Å²) in [5.74, 6) is 5.35. The molecular formula is C13H14N2O2. The third kappa shape index (κ3) is 3.82. The fourth-order valence-electron chi connectivity index (χ4n) is 1.36. The molecule has 2 amide bonds. The number of nitrogens with one attached hydrogen (secondary N) is 2.